The van der Waals surface area contributed by atoms with Gasteiger partial charge in [0.2, 0.25) is 18.6 Å². The van der Waals surface area contributed by atoms with E-state index in [0.717, 1.165) is 10.9 Å². The van der Waals surface area contributed by atoms with Crippen LogP contribution in [0.4, 0.5) is 0 Å². The van der Waals surface area contributed by atoms with Crippen molar-refractivity contribution in [3.63, 3.8) is 0 Å². The smallest absolute Gasteiger partial charge is 0.234 e. The van der Waals surface area contributed by atoms with Crippen LogP contribution in [0.1, 0.15) is 24.3 Å². The van der Waals surface area contributed by atoms with Gasteiger partial charge in [-0.25, -0.2) is 0 Å². The normalized spacial score (nSPS) is 21.3. The van der Waals surface area contributed by atoms with E-state index in [9.17, 15) is 9.59 Å². The quantitative estimate of drug-likeness (QED) is 0.800. The monoisotopic (exact) mass is 273 g/mol. The van der Waals surface area contributed by atoms with Crippen LogP contribution in [0.3, 0.4) is 0 Å². The lowest BCUT2D eigenvalue weighted by atomic mass is 9.90. The number of nitrogens with one attached hydrogen (secondary N) is 1. The lowest BCUT2D eigenvalue weighted by Gasteiger charge is -2.20. The first kappa shape index (κ1) is 11.3. The molecule has 102 valence electrons. The zero-order valence-electron chi connectivity index (χ0n) is 10.5. The predicted molar refractivity (Wildman–Crippen MR) is 67.5 cm³/mol. The molecule has 0 bridgehead atoms. The zero-order chi connectivity index (χ0) is 13.7. The molecule has 20 heavy (non-hydrogen) atoms. The fraction of sp³-hybridized carbons (Fsp3) is 0.286. The Balaban J connectivity index is 1.86. The summed E-state index contributed by atoms with van der Waals surface area (Å²) in [7, 11) is 0. The number of carbonyl (C=O) groups excluding carboxylic acids is 2. The molecule has 2 aromatic rings. The van der Waals surface area contributed by atoms with Gasteiger partial charge in [0.15, 0.2) is 11.5 Å². The van der Waals surface area contributed by atoms with Crippen LogP contribution in [-0.4, -0.2) is 18.6 Å². The van der Waals surface area contributed by atoms with Gasteiger partial charge in [-0.05, 0) is 18.6 Å². The van der Waals surface area contributed by atoms with Gasteiger partial charge in [-0.3, -0.25) is 14.9 Å². The Morgan fingerprint density at radius 3 is 2.95 bits per heavy atom. The van der Waals surface area contributed by atoms with E-state index in [0.29, 0.717) is 29.9 Å². The molecule has 1 fully saturated rings. The van der Waals surface area contributed by atoms with Crippen LogP contribution in [0, 0.1) is 0 Å². The van der Waals surface area contributed by atoms with Gasteiger partial charge in [0.05, 0.1) is 17.6 Å². The molecule has 0 aliphatic carbocycles. The minimum absolute atomic E-state index is 0.161. The summed E-state index contributed by atoms with van der Waals surface area (Å²) in [6, 6.07) is 3.57. The Morgan fingerprint density at radius 2 is 2.10 bits per heavy atom. The van der Waals surface area contributed by atoms with Crippen molar-refractivity contribution >= 4 is 22.8 Å². The zero-order valence-corrected chi connectivity index (χ0v) is 10.5. The van der Waals surface area contributed by atoms with Crippen molar-refractivity contribution < 1.29 is 23.5 Å². The molecule has 2 aliphatic rings. The van der Waals surface area contributed by atoms with Gasteiger partial charge in [0, 0.05) is 12.0 Å². The number of fused-ring (bicyclic) bond motifs is 3. The number of hydrogen-bond acceptors (Lipinski definition) is 5. The number of rotatable bonds is 1. The van der Waals surface area contributed by atoms with Gasteiger partial charge >= 0.3 is 0 Å². The molecule has 3 heterocycles. The molecule has 6 nitrogen and oxygen atoms in total. The SMILES string of the molecule is O=C1CCC(c2coc3ccc4c(c23)OCO4)C(=O)N1. The minimum atomic E-state index is -0.398. The molecule has 4 rings (SSSR count). The van der Waals surface area contributed by atoms with Crippen molar-refractivity contribution in [3.8, 4) is 11.5 Å². The third-order valence-corrected chi connectivity index (χ3v) is 3.72. The second kappa shape index (κ2) is 4.00. The summed E-state index contributed by atoms with van der Waals surface area (Å²) in [4.78, 5) is 23.2. The molecule has 0 saturated carbocycles. The first-order valence-electron chi connectivity index (χ1n) is 6.37. The molecule has 1 N–H and O–H groups in total. The number of benzene rings is 1. The molecule has 1 saturated heterocycles. The van der Waals surface area contributed by atoms with Crippen LogP contribution >= 0.6 is 0 Å². The van der Waals surface area contributed by atoms with Crippen molar-refractivity contribution in [1.29, 1.82) is 0 Å². The second-order valence-corrected chi connectivity index (χ2v) is 4.87. The molecule has 2 aliphatic heterocycles. The topological polar surface area (TPSA) is 77.8 Å². The van der Waals surface area contributed by atoms with Gasteiger partial charge in [-0.1, -0.05) is 0 Å². The van der Waals surface area contributed by atoms with Crippen LogP contribution in [0.5, 0.6) is 11.5 Å². The summed E-state index contributed by atoms with van der Waals surface area (Å²) in [5.74, 6) is 0.331. The fourth-order valence-electron chi connectivity index (χ4n) is 2.76. The lowest BCUT2D eigenvalue weighted by Crippen LogP contribution is -2.39. The highest BCUT2D eigenvalue weighted by molar-refractivity contribution is 6.03. The highest BCUT2D eigenvalue weighted by atomic mass is 16.7. The van der Waals surface area contributed by atoms with Gasteiger partial charge in [-0.15, -0.1) is 0 Å². The van der Waals surface area contributed by atoms with Crippen molar-refractivity contribution in [2.75, 3.05) is 6.79 Å². The Bertz CT molecular complexity index is 732. The maximum Gasteiger partial charge on any atom is 0.234 e. The molecule has 1 unspecified atom stereocenters. The molecule has 1 aromatic carbocycles. The van der Waals surface area contributed by atoms with E-state index in [1.807, 2.05) is 0 Å². The minimum Gasteiger partial charge on any atom is -0.464 e. The highest BCUT2D eigenvalue weighted by Gasteiger charge is 2.32. The van der Waals surface area contributed by atoms with Crippen molar-refractivity contribution in [2.45, 2.75) is 18.8 Å². The summed E-state index contributed by atoms with van der Waals surface area (Å²) in [6.07, 6.45) is 2.37. The van der Waals surface area contributed by atoms with Crippen LogP contribution in [-0.2, 0) is 9.59 Å². The molecule has 1 aromatic heterocycles. The predicted octanol–water partition coefficient (Wildman–Crippen LogP) is 1.68. The maximum absolute atomic E-state index is 12.0. The van der Waals surface area contributed by atoms with Gasteiger partial charge in [0.25, 0.3) is 0 Å². The summed E-state index contributed by atoms with van der Waals surface area (Å²) < 4.78 is 16.3. The number of amides is 2. The van der Waals surface area contributed by atoms with E-state index >= 15 is 0 Å². The Morgan fingerprint density at radius 1 is 1.20 bits per heavy atom. The summed E-state index contributed by atoms with van der Waals surface area (Å²) in [5, 5.41) is 3.12. The molecule has 0 radical (unpaired) electrons. The third-order valence-electron chi connectivity index (χ3n) is 3.72. The Labute approximate surface area is 113 Å². The largest absolute Gasteiger partial charge is 0.464 e. The number of carbonyl (C=O) groups is 2. The van der Waals surface area contributed by atoms with Crippen molar-refractivity contribution in [1.82, 2.24) is 5.32 Å². The molecule has 2 amide bonds. The third kappa shape index (κ3) is 1.51. The summed E-state index contributed by atoms with van der Waals surface area (Å²) in [6.45, 7) is 0.161. The standard InChI is InChI=1S/C14H11NO5/c16-11-4-1-7(14(17)15-11)8-5-18-9-2-3-10-13(12(8)9)20-6-19-10/h2-3,5,7H,1,4,6H2,(H,15,16,17). The number of imide groups is 1. The number of piperidine rings is 1. The molecule has 0 spiro atoms. The van der Waals surface area contributed by atoms with Crippen LogP contribution < -0.4 is 14.8 Å². The number of furan rings is 1. The first-order chi connectivity index (χ1) is 9.74. The molecule has 6 heteroatoms. The van der Waals surface area contributed by atoms with Gasteiger partial charge in [0.1, 0.15) is 5.58 Å². The van der Waals surface area contributed by atoms with Crippen LogP contribution in [0.25, 0.3) is 11.0 Å². The average molecular weight is 273 g/mol. The maximum atomic E-state index is 12.0. The lowest BCUT2D eigenvalue weighted by molar-refractivity contribution is -0.134. The van der Waals surface area contributed by atoms with Crippen LogP contribution in [0.15, 0.2) is 22.8 Å². The Kier molecular flexibility index (Phi) is 2.26. The molecular formula is C14H11NO5. The van der Waals surface area contributed by atoms with E-state index in [4.69, 9.17) is 13.9 Å². The van der Waals surface area contributed by atoms with Crippen LogP contribution in [0.2, 0.25) is 0 Å². The second-order valence-electron chi connectivity index (χ2n) is 4.87. The molecular weight excluding hydrogens is 262 g/mol. The van der Waals surface area contributed by atoms with Gasteiger partial charge < -0.3 is 13.9 Å². The van der Waals surface area contributed by atoms with E-state index in [1.165, 1.54) is 0 Å². The number of ether oxygens (including phenoxy) is 2. The number of hydrogen-bond donors (Lipinski definition) is 1. The van der Waals surface area contributed by atoms with Crippen molar-refractivity contribution in [2.24, 2.45) is 0 Å². The molecule has 1 atom stereocenters. The van der Waals surface area contributed by atoms with E-state index in [-0.39, 0.29) is 18.6 Å². The fourth-order valence-corrected chi connectivity index (χ4v) is 2.76. The van der Waals surface area contributed by atoms with E-state index < -0.39 is 5.92 Å². The van der Waals surface area contributed by atoms with E-state index in [1.54, 1.807) is 18.4 Å². The average Bonchev–Trinajstić information content (AvgIpc) is 3.03. The Hall–Kier alpha value is -2.50. The highest BCUT2D eigenvalue weighted by Crippen LogP contribution is 2.44. The summed E-state index contributed by atoms with van der Waals surface area (Å²) in [5.41, 5.74) is 1.39. The van der Waals surface area contributed by atoms with Crippen molar-refractivity contribution in [3.05, 3.63) is 24.0 Å². The first-order valence-corrected chi connectivity index (χ1v) is 6.37. The summed E-state index contributed by atoms with van der Waals surface area (Å²) >= 11 is 0. The van der Waals surface area contributed by atoms with Gasteiger partial charge in [-0.2, -0.15) is 0 Å². The van der Waals surface area contributed by atoms with E-state index in [2.05, 4.69) is 5.32 Å².